The van der Waals surface area contributed by atoms with Crippen LogP contribution in [0.4, 0.5) is 5.00 Å². The Morgan fingerprint density at radius 2 is 1.97 bits per heavy atom. The van der Waals surface area contributed by atoms with E-state index >= 15 is 0 Å². The lowest BCUT2D eigenvalue weighted by Crippen LogP contribution is -2.27. The van der Waals surface area contributed by atoms with E-state index in [0.717, 1.165) is 34.2 Å². The van der Waals surface area contributed by atoms with Gasteiger partial charge < -0.3 is 15.8 Å². The molecule has 1 atom stereocenters. The van der Waals surface area contributed by atoms with E-state index < -0.39 is 5.91 Å². The lowest BCUT2D eigenvalue weighted by Gasteiger charge is -2.33. The fraction of sp³-hybridized carbons (Fsp3) is 0.429. The predicted octanol–water partition coefficient (Wildman–Crippen LogP) is 5.78. The lowest BCUT2D eigenvalue weighted by atomic mass is 9.72. The van der Waals surface area contributed by atoms with Crippen LogP contribution in [0.5, 0.6) is 5.75 Å². The third kappa shape index (κ3) is 4.54. The van der Waals surface area contributed by atoms with Gasteiger partial charge in [0.25, 0.3) is 11.8 Å². The molecular formula is C21H24Br2N2O3S. The van der Waals surface area contributed by atoms with E-state index in [1.54, 1.807) is 12.1 Å². The Morgan fingerprint density at radius 1 is 1.28 bits per heavy atom. The molecule has 0 saturated heterocycles. The zero-order valence-electron chi connectivity index (χ0n) is 16.8. The van der Waals surface area contributed by atoms with Crippen molar-refractivity contribution in [2.45, 2.75) is 40.0 Å². The molecule has 1 aliphatic carbocycles. The number of halogens is 2. The Kier molecular flexibility index (Phi) is 6.46. The third-order valence-electron chi connectivity index (χ3n) is 5.42. The second-order valence-electron chi connectivity index (χ2n) is 8.30. The minimum Gasteiger partial charge on any atom is -0.495 e. The number of nitrogens with one attached hydrogen (secondary N) is 1. The number of primary amides is 1. The number of carbonyl (C=O) groups is 2. The van der Waals surface area contributed by atoms with Gasteiger partial charge in [-0.05, 0) is 64.2 Å². The second kappa shape index (κ2) is 8.40. The molecule has 1 aliphatic rings. The number of hydrogen-bond donors (Lipinski definition) is 2. The first kappa shape index (κ1) is 22.3. The van der Waals surface area contributed by atoms with Crippen molar-refractivity contribution in [2.24, 2.45) is 17.1 Å². The first-order chi connectivity index (χ1) is 13.5. The average molecular weight is 544 g/mol. The summed E-state index contributed by atoms with van der Waals surface area (Å²) < 4.78 is 6.78. The van der Waals surface area contributed by atoms with Gasteiger partial charge >= 0.3 is 0 Å². The largest absolute Gasteiger partial charge is 0.495 e. The number of anilines is 1. The van der Waals surface area contributed by atoms with Crippen LogP contribution in [0.2, 0.25) is 0 Å². The van der Waals surface area contributed by atoms with Crippen LogP contribution in [0.15, 0.2) is 21.1 Å². The van der Waals surface area contributed by atoms with Gasteiger partial charge in [-0.2, -0.15) is 0 Å². The van der Waals surface area contributed by atoms with Crippen LogP contribution in [-0.2, 0) is 12.8 Å². The van der Waals surface area contributed by atoms with E-state index in [9.17, 15) is 9.59 Å². The molecule has 0 aliphatic heterocycles. The molecule has 2 amide bonds. The molecule has 1 aromatic carbocycles. The van der Waals surface area contributed by atoms with Crippen LogP contribution in [0.25, 0.3) is 0 Å². The quantitative estimate of drug-likeness (QED) is 0.512. The van der Waals surface area contributed by atoms with Crippen molar-refractivity contribution in [3.05, 3.63) is 42.6 Å². The molecule has 3 N–H and O–H groups in total. The summed E-state index contributed by atoms with van der Waals surface area (Å²) in [6, 6.07) is 3.49. The van der Waals surface area contributed by atoms with Crippen LogP contribution in [-0.4, -0.2) is 18.9 Å². The van der Waals surface area contributed by atoms with Crippen LogP contribution in [0.3, 0.4) is 0 Å². The van der Waals surface area contributed by atoms with Gasteiger partial charge in [0.05, 0.1) is 22.7 Å². The zero-order chi connectivity index (χ0) is 21.5. The molecule has 0 radical (unpaired) electrons. The zero-order valence-corrected chi connectivity index (χ0v) is 20.8. The molecule has 0 spiro atoms. The van der Waals surface area contributed by atoms with E-state index in [1.165, 1.54) is 18.4 Å². The third-order valence-corrected chi connectivity index (χ3v) is 7.64. The summed E-state index contributed by atoms with van der Waals surface area (Å²) >= 11 is 8.27. The van der Waals surface area contributed by atoms with Crippen LogP contribution >= 0.6 is 43.2 Å². The summed E-state index contributed by atoms with van der Waals surface area (Å²) in [5.74, 6) is 0.103. The number of fused-ring (bicyclic) bond motifs is 1. The van der Waals surface area contributed by atoms with Crippen molar-refractivity contribution in [2.75, 3.05) is 12.4 Å². The first-order valence-electron chi connectivity index (χ1n) is 9.31. The fourth-order valence-electron chi connectivity index (χ4n) is 3.78. The minimum atomic E-state index is -0.505. The van der Waals surface area contributed by atoms with Crippen molar-refractivity contribution in [3.8, 4) is 5.75 Å². The molecule has 8 heteroatoms. The van der Waals surface area contributed by atoms with E-state index in [0.29, 0.717) is 32.3 Å². The normalized spacial score (nSPS) is 16.3. The number of nitrogens with two attached hydrogens (primary N) is 1. The number of hydrogen-bond acceptors (Lipinski definition) is 4. The highest BCUT2D eigenvalue weighted by Crippen LogP contribution is 2.44. The molecule has 2 aromatic rings. The Labute approximate surface area is 191 Å². The van der Waals surface area contributed by atoms with Gasteiger partial charge in [0.15, 0.2) is 0 Å². The van der Waals surface area contributed by atoms with Gasteiger partial charge in [0.1, 0.15) is 10.8 Å². The lowest BCUT2D eigenvalue weighted by molar-refractivity contribution is 0.1000. The Hall–Kier alpha value is -1.38. The van der Waals surface area contributed by atoms with E-state index in [1.807, 2.05) is 0 Å². The van der Waals surface area contributed by atoms with Gasteiger partial charge in [-0.1, -0.05) is 36.7 Å². The average Bonchev–Trinajstić information content (AvgIpc) is 2.97. The molecule has 5 nitrogen and oxygen atoms in total. The monoisotopic (exact) mass is 542 g/mol. The van der Waals surface area contributed by atoms with Gasteiger partial charge in [-0.3, -0.25) is 9.59 Å². The predicted molar refractivity (Wildman–Crippen MR) is 124 cm³/mol. The molecule has 0 fully saturated rings. The second-order valence-corrected chi connectivity index (χ2v) is 11.2. The summed E-state index contributed by atoms with van der Waals surface area (Å²) in [5, 5.41) is 3.42. The summed E-state index contributed by atoms with van der Waals surface area (Å²) in [4.78, 5) is 26.4. The molecule has 0 bridgehead atoms. The van der Waals surface area contributed by atoms with E-state index in [-0.39, 0.29) is 11.3 Å². The van der Waals surface area contributed by atoms with Crippen LogP contribution in [0.1, 0.15) is 58.3 Å². The van der Waals surface area contributed by atoms with Crippen molar-refractivity contribution < 1.29 is 14.3 Å². The number of carbonyl (C=O) groups excluding carboxylic acids is 2. The number of ether oxygens (including phenoxy) is 1. The van der Waals surface area contributed by atoms with Gasteiger partial charge in [-0.15, -0.1) is 11.3 Å². The Morgan fingerprint density at radius 3 is 2.55 bits per heavy atom. The van der Waals surface area contributed by atoms with E-state index in [2.05, 4.69) is 57.9 Å². The van der Waals surface area contributed by atoms with Gasteiger partial charge in [0, 0.05) is 9.35 Å². The smallest absolute Gasteiger partial charge is 0.260 e. The molecular weight excluding hydrogens is 520 g/mol. The topological polar surface area (TPSA) is 81.4 Å². The van der Waals surface area contributed by atoms with Gasteiger partial charge in [-0.25, -0.2) is 0 Å². The maximum atomic E-state index is 13.0. The van der Waals surface area contributed by atoms with Crippen LogP contribution < -0.4 is 15.8 Å². The van der Waals surface area contributed by atoms with Crippen molar-refractivity contribution in [1.82, 2.24) is 0 Å². The summed E-state index contributed by atoms with van der Waals surface area (Å²) in [6.07, 6.45) is 2.70. The highest BCUT2D eigenvalue weighted by Gasteiger charge is 2.33. The number of methoxy groups -OCH3 is 1. The Bertz CT molecular complexity index is 979. The van der Waals surface area contributed by atoms with Crippen molar-refractivity contribution in [1.29, 1.82) is 0 Å². The molecule has 3 rings (SSSR count). The number of thiophene rings is 1. The SMILES string of the molecule is COc1c(Br)cc(Br)cc1C(=O)Nc1sc2c(c1C(N)=O)CCC(C(C)(C)C)C2. The van der Waals surface area contributed by atoms with E-state index in [4.69, 9.17) is 10.5 Å². The molecule has 1 unspecified atom stereocenters. The number of amides is 2. The van der Waals surface area contributed by atoms with Crippen molar-refractivity contribution >= 4 is 60.0 Å². The standard InChI is InChI=1S/C21H24Br2N2O3S/c1-21(2,3)10-5-6-12-15(7-10)29-20(16(12)18(24)26)25-19(27)13-8-11(22)9-14(23)17(13)28-4/h8-10H,5-7H2,1-4H3,(H2,24,26)(H,25,27). The molecule has 0 saturated carbocycles. The van der Waals surface area contributed by atoms with Gasteiger partial charge in [0.2, 0.25) is 0 Å². The molecule has 1 heterocycles. The van der Waals surface area contributed by atoms with Crippen LogP contribution in [0, 0.1) is 11.3 Å². The highest BCUT2D eigenvalue weighted by molar-refractivity contribution is 9.11. The van der Waals surface area contributed by atoms with Crippen molar-refractivity contribution in [3.63, 3.8) is 0 Å². The minimum absolute atomic E-state index is 0.188. The number of rotatable bonds is 4. The maximum Gasteiger partial charge on any atom is 0.260 e. The highest BCUT2D eigenvalue weighted by atomic mass is 79.9. The Balaban J connectivity index is 1.98. The fourth-order valence-corrected chi connectivity index (χ4v) is 6.50. The summed E-state index contributed by atoms with van der Waals surface area (Å²) in [5.41, 5.74) is 7.68. The molecule has 29 heavy (non-hydrogen) atoms. The summed E-state index contributed by atoms with van der Waals surface area (Å²) in [7, 11) is 1.51. The number of benzene rings is 1. The molecule has 1 aromatic heterocycles. The maximum absolute atomic E-state index is 13.0. The first-order valence-corrected chi connectivity index (χ1v) is 11.7. The summed E-state index contributed by atoms with van der Waals surface area (Å²) in [6.45, 7) is 6.72. The molecule has 156 valence electrons.